The van der Waals surface area contributed by atoms with Gasteiger partial charge in [0.1, 0.15) is 6.61 Å². The maximum absolute atomic E-state index is 13.9. The number of anilines is 1. The molecule has 0 bridgehead atoms. The second-order valence-corrected chi connectivity index (χ2v) is 9.26. The van der Waals surface area contributed by atoms with Crippen LogP contribution in [0.1, 0.15) is 16.7 Å². The zero-order valence-electron chi connectivity index (χ0n) is 20.6. The van der Waals surface area contributed by atoms with Gasteiger partial charge in [-0.3, -0.25) is 14.7 Å². The number of nitrogens with one attached hydrogen (secondary N) is 1. The van der Waals surface area contributed by atoms with Crippen LogP contribution in [0.15, 0.2) is 67.3 Å². The van der Waals surface area contributed by atoms with Gasteiger partial charge in [-0.25, -0.2) is 13.8 Å². The van der Waals surface area contributed by atoms with Gasteiger partial charge < -0.3 is 14.6 Å². The Labute approximate surface area is 213 Å². The third-order valence-electron chi connectivity index (χ3n) is 6.37. The molecule has 9 heteroatoms. The highest BCUT2D eigenvalue weighted by atomic mass is 19.3. The van der Waals surface area contributed by atoms with E-state index in [2.05, 4.69) is 26.1 Å². The molecule has 0 unspecified atom stereocenters. The van der Waals surface area contributed by atoms with Crippen molar-refractivity contribution >= 4 is 28.7 Å². The summed E-state index contributed by atoms with van der Waals surface area (Å²) in [4.78, 5) is 23.0. The molecule has 3 heterocycles. The molecule has 0 spiro atoms. The number of aromatic nitrogens is 3. The summed E-state index contributed by atoms with van der Waals surface area (Å²) in [5.41, 5.74) is 7.20. The molecule has 0 fully saturated rings. The summed E-state index contributed by atoms with van der Waals surface area (Å²) in [5, 5.41) is 2.87. The van der Waals surface area contributed by atoms with Crippen molar-refractivity contribution in [3.8, 4) is 11.1 Å². The molecule has 37 heavy (non-hydrogen) atoms. The van der Waals surface area contributed by atoms with E-state index in [1.165, 1.54) is 13.2 Å². The Balaban J connectivity index is 1.27. The summed E-state index contributed by atoms with van der Waals surface area (Å²) in [6, 6.07) is 13.5. The smallest absolute Gasteiger partial charge is 0.283 e. The van der Waals surface area contributed by atoms with Crippen molar-refractivity contribution in [3.63, 3.8) is 0 Å². The van der Waals surface area contributed by atoms with E-state index in [9.17, 15) is 13.6 Å². The van der Waals surface area contributed by atoms with Gasteiger partial charge >= 0.3 is 0 Å². The van der Waals surface area contributed by atoms with Crippen molar-refractivity contribution in [2.45, 2.75) is 19.0 Å². The average molecular weight is 504 g/mol. The maximum Gasteiger partial charge on any atom is 0.283 e. The van der Waals surface area contributed by atoms with Gasteiger partial charge in [-0.15, -0.1) is 0 Å². The first-order valence-corrected chi connectivity index (χ1v) is 11.9. The number of fused-ring (bicyclic) bond motifs is 2. The van der Waals surface area contributed by atoms with E-state index in [1.54, 1.807) is 35.8 Å². The monoisotopic (exact) mass is 503 g/mol. The third-order valence-corrected chi connectivity index (χ3v) is 6.37. The molecule has 0 radical (unpaired) electrons. The van der Waals surface area contributed by atoms with Crippen LogP contribution < -0.4 is 5.32 Å². The lowest BCUT2D eigenvalue weighted by atomic mass is 10.0. The molecule has 2 aromatic heterocycles. The number of hydrogen-bond donors (Lipinski definition) is 1. The first-order valence-electron chi connectivity index (χ1n) is 11.9. The Kier molecular flexibility index (Phi) is 6.82. The summed E-state index contributed by atoms with van der Waals surface area (Å²) >= 11 is 0. The number of hydrogen-bond acceptors (Lipinski definition) is 5. The predicted octanol–water partition coefficient (Wildman–Crippen LogP) is 4.88. The molecule has 5 rings (SSSR count). The van der Waals surface area contributed by atoms with Crippen LogP contribution >= 0.6 is 0 Å². The summed E-state index contributed by atoms with van der Waals surface area (Å²) in [6.45, 7) is -0.142. The van der Waals surface area contributed by atoms with Crippen LogP contribution in [-0.4, -0.2) is 51.5 Å². The number of carbonyl (C=O) groups excluding carboxylic acids is 1. The summed E-state index contributed by atoms with van der Waals surface area (Å²) in [5.74, 6) is -3.20. The van der Waals surface area contributed by atoms with Gasteiger partial charge in [-0.2, -0.15) is 0 Å². The minimum Gasteiger partial charge on any atom is -0.378 e. The van der Waals surface area contributed by atoms with E-state index in [-0.39, 0.29) is 12.5 Å². The van der Waals surface area contributed by atoms with Crippen molar-refractivity contribution in [2.75, 3.05) is 25.6 Å². The quantitative estimate of drug-likeness (QED) is 0.347. The highest BCUT2D eigenvalue weighted by molar-refractivity contribution is 6.02. The second-order valence-electron chi connectivity index (χ2n) is 9.26. The maximum atomic E-state index is 13.9. The van der Waals surface area contributed by atoms with Crippen LogP contribution in [0.5, 0.6) is 0 Å². The topological polar surface area (TPSA) is 72.3 Å². The number of imidazole rings is 1. The zero-order valence-corrected chi connectivity index (χ0v) is 20.6. The average Bonchev–Trinajstić information content (AvgIpc) is 3.44. The molecule has 0 aliphatic carbocycles. The van der Waals surface area contributed by atoms with Crippen molar-refractivity contribution in [2.24, 2.45) is 7.05 Å². The molecule has 1 N–H and O–H groups in total. The third kappa shape index (κ3) is 5.58. The molecule has 1 aliphatic rings. The summed E-state index contributed by atoms with van der Waals surface area (Å²) in [6.07, 6.45) is 8.42. The lowest BCUT2D eigenvalue weighted by Gasteiger charge is -2.22. The lowest BCUT2D eigenvalue weighted by Crippen LogP contribution is -2.37. The number of pyridine rings is 1. The van der Waals surface area contributed by atoms with Crippen molar-refractivity contribution in [1.82, 2.24) is 19.4 Å². The molecule has 2 aromatic carbocycles. The lowest BCUT2D eigenvalue weighted by molar-refractivity contribution is -0.111. The number of benzene rings is 2. The highest BCUT2D eigenvalue weighted by Gasteiger charge is 2.34. The normalized spacial score (nSPS) is 13.9. The molecule has 0 atom stereocenters. The molecule has 1 amide bonds. The van der Waals surface area contributed by atoms with Crippen LogP contribution in [0.2, 0.25) is 0 Å². The first-order chi connectivity index (χ1) is 17.8. The SMILES string of the molecule is COCC(F)(F)CN1Cc2ccc(NC(=O)/C=C/c3cnccc3-c3ccc4ncn(C)c4c3)cc2C1. The second kappa shape index (κ2) is 10.2. The Hall–Kier alpha value is -3.95. The van der Waals surface area contributed by atoms with Crippen LogP contribution in [0, 0.1) is 0 Å². The van der Waals surface area contributed by atoms with Gasteiger partial charge in [0, 0.05) is 57.0 Å². The van der Waals surface area contributed by atoms with E-state index in [0.717, 1.165) is 38.9 Å². The number of aryl methyl sites for hydroxylation is 1. The molecular weight excluding hydrogens is 476 g/mol. The van der Waals surface area contributed by atoms with Crippen LogP contribution in [0.3, 0.4) is 0 Å². The molecule has 4 aromatic rings. The minimum absolute atomic E-state index is 0.293. The molecule has 0 saturated carbocycles. The standard InChI is InChI=1S/C28H27F2N5O2/c1-34-18-32-25-7-4-19(12-26(25)34)24-9-10-31-13-20(24)5-8-27(36)33-23-6-3-21-14-35(15-22(21)11-23)16-28(29,30)17-37-2/h3-13,18H,14-17H2,1-2H3,(H,33,36)/b8-5+. The van der Waals surface area contributed by atoms with E-state index in [0.29, 0.717) is 18.8 Å². The summed E-state index contributed by atoms with van der Waals surface area (Å²) in [7, 11) is 3.22. The van der Waals surface area contributed by atoms with E-state index in [4.69, 9.17) is 0 Å². The van der Waals surface area contributed by atoms with Gasteiger partial charge in [-0.05, 0) is 58.7 Å². The Morgan fingerprint density at radius 1 is 1.16 bits per heavy atom. The fourth-order valence-electron chi connectivity index (χ4n) is 4.68. The van der Waals surface area contributed by atoms with Gasteiger partial charge in [0.05, 0.1) is 23.9 Å². The van der Waals surface area contributed by atoms with Crippen molar-refractivity contribution < 1.29 is 18.3 Å². The Morgan fingerprint density at radius 3 is 2.84 bits per heavy atom. The first kappa shape index (κ1) is 24.7. The fraction of sp³-hybridized carbons (Fsp3) is 0.250. The molecule has 7 nitrogen and oxygen atoms in total. The Bertz CT molecular complexity index is 1480. The number of nitrogens with zero attached hydrogens (tertiary/aromatic N) is 4. The minimum atomic E-state index is -2.91. The van der Waals surface area contributed by atoms with E-state index < -0.39 is 12.5 Å². The van der Waals surface area contributed by atoms with Gasteiger partial charge in [-0.1, -0.05) is 12.1 Å². The molecule has 190 valence electrons. The van der Waals surface area contributed by atoms with E-state index >= 15 is 0 Å². The number of alkyl halides is 2. The number of amides is 1. The number of rotatable bonds is 8. The molecular formula is C28H27F2N5O2. The summed E-state index contributed by atoms with van der Waals surface area (Å²) < 4.78 is 34.5. The van der Waals surface area contributed by atoms with Crippen molar-refractivity contribution in [3.05, 3.63) is 84.0 Å². The van der Waals surface area contributed by atoms with Gasteiger partial charge in [0.25, 0.3) is 5.92 Å². The molecule has 1 aliphatic heterocycles. The van der Waals surface area contributed by atoms with Crippen LogP contribution in [0.4, 0.5) is 14.5 Å². The van der Waals surface area contributed by atoms with Gasteiger partial charge in [0.2, 0.25) is 5.91 Å². The Morgan fingerprint density at radius 2 is 2.00 bits per heavy atom. The predicted molar refractivity (Wildman–Crippen MR) is 139 cm³/mol. The number of carbonyl (C=O) groups is 1. The molecule has 0 saturated heterocycles. The van der Waals surface area contributed by atoms with Crippen LogP contribution in [0.25, 0.3) is 28.2 Å². The largest absolute Gasteiger partial charge is 0.378 e. The number of ether oxygens (including phenoxy) is 1. The zero-order chi connectivity index (χ0) is 26.0. The fourth-order valence-corrected chi connectivity index (χ4v) is 4.68. The van der Waals surface area contributed by atoms with Crippen molar-refractivity contribution in [1.29, 1.82) is 0 Å². The van der Waals surface area contributed by atoms with E-state index in [1.807, 2.05) is 41.9 Å². The van der Waals surface area contributed by atoms with Gasteiger partial charge in [0.15, 0.2) is 0 Å². The number of halogens is 2. The number of methoxy groups -OCH3 is 1. The van der Waals surface area contributed by atoms with Crippen LogP contribution in [-0.2, 0) is 29.7 Å². The highest BCUT2D eigenvalue weighted by Crippen LogP contribution is 2.29.